The Morgan fingerprint density at radius 1 is 1.11 bits per heavy atom. The second kappa shape index (κ2) is 7.56. The maximum atomic E-state index is 12.8. The molecule has 0 aliphatic carbocycles. The fraction of sp³-hybridized carbons (Fsp3) is 0.300. The van der Waals surface area contributed by atoms with Gasteiger partial charge in [0.2, 0.25) is 0 Å². The zero-order valence-electron chi connectivity index (χ0n) is 14.4. The van der Waals surface area contributed by atoms with Crippen molar-refractivity contribution in [1.82, 2.24) is 0 Å². The van der Waals surface area contributed by atoms with Gasteiger partial charge in [0.05, 0.1) is 28.7 Å². The molecule has 5 nitrogen and oxygen atoms in total. The largest absolute Gasteiger partial charge is 0.481 e. The van der Waals surface area contributed by atoms with Crippen molar-refractivity contribution in [3.8, 4) is 17.9 Å². The Hall–Kier alpha value is -2.61. The molecule has 1 atom stereocenters. The van der Waals surface area contributed by atoms with Crippen LogP contribution in [-0.4, -0.2) is 25.2 Å². The molecule has 0 amide bonds. The van der Waals surface area contributed by atoms with Gasteiger partial charge in [-0.2, -0.15) is 5.26 Å². The van der Waals surface area contributed by atoms with E-state index in [1.54, 1.807) is 36.4 Å². The molecule has 1 saturated heterocycles. The van der Waals surface area contributed by atoms with Crippen molar-refractivity contribution in [3.63, 3.8) is 0 Å². The predicted molar refractivity (Wildman–Crippen MR) is 103 cm³/mol. The second-order valence-corrected chi connectivity index (χ2v) is 9.95. The number of hydrogen-bond acceptors (Lipinski definition) is 5. The number of sulfone groups is 1. The Kier molecular flexibility index (Phi) is 5.36. The average molecular weight is 399 g/mol. The molecule has 0 radical (unpaired) electrons. The summed E-state index contributed by atoms with van der Waals surface area (Å²) in [5, 5.41) is 18.1. The number of thiophene rings is 1. The van der Waals surface area contributed by atoms with E-state index in [0.717, 1.165) is 5.56 Å². The summed E-state index contributed by atoms with van der Waals surface area (Å²) >= 11 is 1.24. The van der Waals surface area contributed by atoms with Gasteiger partial charge in [0.15, 0.2) is 9.84 Å². The van der Waals surface area contributed by atoms with Crippen LogP contribution >= 0.6 is 11.3 Å². The van der Waals surface area contributed by atoms with Crippen LogP contribution < -0.4 is 0 Å². The average Bonchev–Trinajstić information content (AvgIpc) is 3.11. The molecule has 1 aromatic carbocycles. The molecule has 0 unspecified atom stereocenters. The lowest BCUT2D eigenvalue weighted by Crippen LogP contribution is -2.41. The highest BCUT2D eigenvalue weighted by Gasteiger charge is 2.49. The van der Waals surface area contributed by atoms with Crippen LogP contribution in [0.25, 0.3) is 0 Å². The lowest BCUT2D eigenvalue weighted by Gasteiger charge is -2.34. The van der Waals surface area contributed by atoms with E-state index in [-0.39, 0.29) is 5.75 Å². The Balaban J connectivity index is 1.94. The van der Waals surface area contributed by atoms with Crippen LogP contribution in [0, 0.1) is 23.2 Å². The third-order valence-electron chi connectivity index (χ3n) is 4.67. The lowest BCUT2D eigenvalue weighted by molar-refractivity contribution is -0.137. The Bertz CT molecular complexity index is 1070. The summed E-state index contributed by atoms with van der Waals surface area (Å²) in [6.07, 6.45) is 1.17. The van der Waals surface area contributed by atoms with Gasteiger partial charge in [0, 0.05) is 10.4 Å². The standard InChI is InChI=1S/C20H17NO4S2/c21-14-16-5-3-15(4-6-16)7-8-17-9-10-18(26-17)20(13-19(22)23)11-1-2-12-27(20,24)25/h3-6,9-10H,1-2,11-13H2,(H,22,23)/t20-/m0/s1. The number of aliphatic carboxylic acids is 1. The summed E-state index contributed by atoms with van der Waals surface area (Å²) in [6, 6.07) is 12.3. The van der Waals surface area contributed by atoms with Gasteiger partial charge in [-0.25, -0.2) is 8.42 Å². The minimum absolute atomic E-state index is 0.0183. The maximum absolute atomic E-state index is 12.8. The molecule has 1 N–H and O–H groups in total. The zero-order chi connectivity index (χ0) is 19.5. The molecule has 27 heavy (non-hydrogen) atoms. The molecule has 2 aromatic rings. The predicted octanol–water partition coefficient (Wildman–Crippen LogP) is 3.29. The molecule has 138 valence electrons. The number of nitrogens with zero attached hydrogens (tertiary/aromatic N) is 1. The molecular weight excluding hydrogens is 382 g/mol. The first kappa shape index (κ1) is 19.2. The number of benzene rings is 1. The molecule has 0 saturated carbocycles. The van der Waals surface area contributed by atoms with Crippen molar-refractivity contribution in [2.24, 2.45) is 0 Å². The summed E-state index contributed by atoms with van der Waals surface area (Å²) in [4.78, 5) is 12.6. The molecule has 3 rings (SSSR count). The number of nitriles is 1. The lowest BCUT2D eigenvalue weighted by atomic mass is 9.95. The van der Waals surface area contributed by atoms with Crippen molar-refractivity contribution in [2.45, 2.75) is 30.4 Å². The first-order valence-corrected chi connectivity index (χ1v) is 10.9. The number of rotatable bonds is 3. The zero-order valence-corrected chi connectivity index (χ0v) is 16.1. The fourth-order valence-electron chi connectivity index (χ4n) is 3.27. The van der Waals surface area contributed by atoms with E-state index in [1.807, 2.05) is 6.07 Å². The van der Waals surface area contributed by atoms with Gasteiger partial charge in [-0.05, 0) is 49.2 Å². The van der Waals surface area contributed by atoms with Crippen LogP contribution in [0.2, 0.25) is 0 Å². The SMILES string of the molecule is N#Cc1ccc(C#Cc2ccc([C@@]3(CC(=O)O)CCCCS3(=O)=O)s2)cc1. The van der Waals surface area contributed by atoms with Crippen molar-refractivity contribution < 1.29 is 18.3 Å². The summed E-state index contributed by atoms with van der Waals surface area (Å²) in [6.45, 7) is 0. The minimum Gasteiger partial charge on any atom is -0.481 e. The van der Waals surface area contributed by atoms with Crippen molar-refractivity contribution in [1.29, 1.82) is 5.26 Å². The van der Waals surface area contributed by atoms with E-state index < -0.39 is 27.0 Å². The van der Waals surface area contributed by atoms with Crippen LogP contribution in [0.4, 0.5) is 0 Å². The molecule has 7 heteroatoms. The molecule has 1 aromatic heterocycles. The van der Waals surface area contributed by atoms with E-state index >= 15 is 0 Å². The number of hydrogen-bond donors (Lipinski definition) is 1. The Labute approximate surface area is 162 Å². The molecule has 1 aliphatic heterocycles. The monoisotopic (exact) mass is 399 g/mol. The molecule has 2 heterocycles. The van der Waals surface area contributed by atoms with Gasteiger partial charge in [-0.3, -0.25) is 4.79 Å². The Morgan fingerprint density at radius 3 is 2.44 bits per heavy atom. The van der Waals surface area contributed by atoms with E-state index in [4.69, 9.17) is 5.26 Å². The van der Waals surface area contributed by atoms with Crippen LogP contribution in [0.15, 0.2) is 36.4 Å². The van der Waals surface area contributed by atoms with Crippen LogP contribution in [0.3, 0.4) is 0 Å². The quantitative estimate of drug-likeness (QED) is 0.799. The third kappa shape index (κ3) is 3.90. The van der Waals surface area contributed by atoms with E-state index in [2.05, 4.69) is 11.8 Å². The third-order valence-corrected chi connectivity index (χ3v) is 8.59. The van der Waals surface area contributed by atoms with Gasteiger partial charge in [0.1, 0.15) is 4.75 Å². The second-order valence-electron chi connectivity index (χ2n) is 6.44. The smallest absolute Gasteiger partial charge is 0.305 e. The summed E-state index contributed by atoms with van der Waals surface area (Å²) in [5.41, 5.74) is 1.30. The van der Waals surface area contributed by atoms with Crippen molar-refractivity contribution >= 4 is 27.1 Å². The highest BCUT2D eigenvalue weighted by Crippen LogP contribution is 2.45. The summed E-state index contributed by atoms with van der Waals surface area (Å²) < 4.78 is 24.2. The van der Waals surface area contributed by atoms with E-state index in [1.165, 1.54) is 11.3 Å². The van der Waals surface area contributed by atoms with Crippen molar-refractivity contribution in [2.75, 3.05) is 5.75 Å². The molecule has 0 spiro atoms. The van der Waals surface area contributed by atoms with Gasteiger partial charge in [-0.15, -0.1) is 11.3 Å². The molecular formula is C20H17NO4S2. The number of carboxylic acid groups (broad SMARTS) is 1. The summed E-state index contributed by atoms with van der Waals surface area (Å²) in [7, 11) is -3.54. The van der Waals surface area contributed by atoms with E-state index in [0.29, 0.717) is 34.6 Å². The minimum atomic E-state index is -3.54. The number of carboxylic acids is 1. The van der Waals surface area contributed by atoms with Gasteiger partial charge in [0.25, 0.3) is 0 Å². The highest BCUT2D eigenvalue weighted by molar-refractivity contribution is 7.92. The fourth-order valence-corrected chi connectivity index (χ4v) is 6.90. The highest BCUT2D eigenvalue weighted by atomic mass is 32.2. The van der Waals surface area contributed by atoms with Gasteiger partial charge < -0.3 is 5.11 Å². The van der Waals surface area contributed by atoms with E-state index in [9.17, 15) is 18.3 Å². The molecule has 1 fully saturated rings. The Morgan fingerprint density at radius 2 is 1.81 bits per heavy atom. The topological polar surface area (TPSA) is 95.2 Å². The van der Waals surface area contributed by atoms with Gasteiger partial charge in [-0.1, -0.05) is 18.3 Å². The molecule has 0 bridgehead atoms. The maximum Gasteiger partial charge on any atom is 0.305 e. The first-order chi connectivity index (χ1) is 12.9. The van der Waals surface area contributed by atoms with Crippen molar-refractivity contribution in [3.05, 3.63) is 57.3 Å². The van der Waals surface area contributed by atoms with Gasteiger partial charge >= 0.3 is 5.97 Å². The van der Waals surface area contributed by atoms with Crippen LogP contribution in [0.5, 0.6) is 0 Å². The summed E-state index contributed by atoms with van der Waals surface area (Å²) in [5.74, 6) is 4.89. The van der Waals surface area contributed by atoms with Crippen LogP contribution in [0.1, 0.15) is 46.6 Å². The molecule has 1 aliphatic rings. The number of carbonyl (C=O) groups is 1. The normalized spacial score (nSPS) is 20.9. The van der Waals surface area contributed by atoms with Crippen LogP contribution in [-0.2, 0) is 19.4 Å². The first-order valence-electron chi connectivity index (χ1n) is 8.43.